The minimum atomic E-state index is 0.821. The van der Waals surface area contributed by atoms with Gasteiger partial charge in [0.05, 0.1) is 0 Å². The number of halogens is 6. The average molecular weight is 968 g/mol. The number of hydrogen-bond acceptors (Lipinski definition) is 0. The van der Waals surface area contributed by atoms with E-state index >= 15 is 0 Å². The molecule has 0 radical (unpaired) electrons. The minimum absolute atomic E-state index is 0.821. The third kappa shape index (κ3) is 14.1. The highest BCUT2D eigenvalue weighted by atomic mass is 127. The Labute approximate surface area is 213 Å². The summed E-state index contributed by atoms with van der Waals surface area (Å²) in [6.07, 6.45) is 9.63. The lowest BCUT2D eigenvalue weighted by Gasteiger charge is -2.21. The largest absolute Gasteiger partial charge is 0.0829 e. The van der Waals surface area contributed by atoms with Gasteiger partial charge < -0.3 is 0 Å². The Balaban J connectivity index is 3.85. The second kappa shape index (κ2) is 15.4. The molecule has 0 aromatic rings. The topological polar surface area (TPSA) is 0 Å². The fourth-order valence-corrected chi connectivity index (χ4v) is 7.10. The lowest BCUT2D eigenvalue weighted by Crippen LogP contribution is -2.19. The maximum atomic E-state index is 2.69. The summed E-state index contributed by atoms with van der Waals surface area (Å²) in [4.78, 5) is 0. The molecule has 0 fully saturated rings. The summed E-state index contributed by atoms with van der Waals surface area (Å²) in [6.45, 7) is 4.63. The summed E-state index contributed by atoms with van der Waals surface area (Å²) in [7, 11) is 0. The van der Waals surface area contributed by atoms with E-state index in [1.54, 1.807) is 0 Å². The van der Waals surface area contributed by atoms with Gasteiger partial charge in [-0.3, -0.25) is 0 Å². The summed E-state index contributed by atoms with van der Waals surface area (Å²) in [6, 6.07) is 0. The molecule has 0 aromatic heterocycles. The molecule has 0 amide bonds. The molecule has 0 nitrogen and oxygen atoms in total. The van der Waals surface area contributed by atoms with Gasteiger partial charge in [0.25, 0.3) is 0 Å². The van der Waals surface area contributed by atoms with Crippen molar-refractivity contribution >= 4 is 136 Å². The summed E-state index contributed by atoms with van der Waals surface area (Å²) in [5.41, 5.74) is 0. The van der Waals surface area contributed by atoms with Crippen molar-refractivity contribution in [1.29, 1.82) is 0 Å². The molecule has 0 spiro atoms. The van der Waals surface area contributed by atoms with E-state index in [0.717, 1.165) is 23.5 Å². The predicted molar refractivity (Wildman–Crippen MR) is 151 cm³/mol. The molecule has 0 heterocycles. The van der Waals surface area contributed by atoms with Gasteiger partial charge in [-0.15, -0.1) is 0 Å². The summed E-state index contributed by atoms with van der Waals surface area (Å²) in [5, 5.41) is 0. The van der Waals surface area contributed by atoms with Crippen LogP contribution in [0.4, 0.5) is 0 Å². The molecule has 6 unspecified atom stereocenters. The van der Waals surface area contributed by atoms with Crippen LogP contribution in [-0.2, 0) is 0 Å². The van der Waals surface area contributed by atoms with Crippen molar-refractivity contribution in [1.82, 2.24) is 0 Å². The van der Waals surface area contributed by atoms with Gasteiger partial charge in [0.1, 0.15) is 0 Å². The smallest absolute Gasteiger partial charge is 0.0237 e. The lowest BCUT2D eigenvalue weighted by molar-refractivity contribution is 0.606. The first-order valence-corrected chi connectivity index (χ1v) is 15.1. The van der Waals surface area contributed by atoms with E-state index in [1.165, 1.54) is 44.9 Å². The van der Waals surface area contributed by atoms with Gasteiger partial charge in [-0.1, -0.05) is 156 Å². The van der Waals surface area contributed by atoms with Crippen LogP contribution in [0.3, 0.4) is 0 Å². The van der Waals surface area contributed by atoms with Gasteiger partial charge >= 0.3 is 0 Å². The van der Waals surface area contributed by atoms with Crippen LogP contribution in [0.25, 0.3) is 0 Å². The van der Waals surface area contributed by atoms with Crippen molar-refractivity contribution in [3.05, 3.63) is 0 Å². The summed E-state index contributed by atoms with van der Waals surface area (Å²) >= 11 is 15.9. The van der Waals surface area contributed by atoms with Crippen molar-refractivity contribution in [2.45, 2.75) is 82.3 Å². The molecule has 6 atom stereocenters. The number of rotatable bonds is 12. The first-order chi connectivity index (χ1) is 9.77. The summed E-state index contributed by atoms with van der Waals surface area (Å²) < 4.78 is 5.06. The van der Waals surface area contributed by atoms with E-state index < -0.39 is 0 Å². The molecule has 0 saturated heterocycles. The van der Waals surface area contributed by atoms with E-state index in [2.05, 4.69) is 149 Å². The Kier molecular flexibility index (Phi) is 18.7. The molecule has 21 heavy (non-hydrogen) atoms. The van der Waals surface area contributed by atoms with Crippen molar-refractivity contribution in [2.24, 2.45) is 0 Å². The van der Waals surface area contributed by atoms with Gasteiger partial charge in [0, 0.05) is 23.5 Å². The van der Waals surface area contributed by atoms with Gasteiger partial charge in [0.2, 0.25) is 0 Å². The predicted octanol–water partition coefficient (Wildman–Crippen LogP) is 8.58. The molecular formula is C15H26I6. The van der Waals surface area contributed by atoms with Gasteiger partial charge in [-0.05, 0) is 38.5 Å². The third-order valence-electron chi connectivity index (χ3n) is 3.51. The van der Waals surface area contributed by atoms with Gasteiger partial charge in [-0.2, -0.15) is 0 Å². The van der Waals surface area contributed by atoms with Crippen LogP contribution in [0.1, 0.15) is 58.8 Å². The third-order valence-corrected chi connectivity index (χ3v) is 14.1. The van der Waals surface area contributed by atoms with Crippen LogP contribution >= 0.6 is 136 Å². The number of hydrogen-bond donors (Lipinski definition) is 0. The maximum absolute atomic E-state index is 2.69. The molecule has 0 aliphatic heterocycles. The van der Waals surface area contributed by atoms with E-state index in [-0.39, 0.29) is 0 Å². The van der Waals surface area contributed by atoms with Crippen molar-refractivity contribution in [3.63, 3.8) is 0 Å². The zero-order valence-corrected chi connectivity index (χ0v) is 25.6. The monoisotopic (exact) mass is 968 g/mol. The fourth-order valence-electron chi connectivity index (χ4n) is 2.00. The highest BCUT2D eigenvalue weighted by Crippen LogP contribution is 2.30. The average Bonchev–Trinajstić information content (AvgIpc) is 2.43. The van der Waals surface area contributed by atoms with Crippen molar-refractivity contribution in [2.75, 3.05) is 0 Å². The Bertz CT molecular complexity index is 248. The van der Waals surface area contributed by atoms with E-state index in [4.69, 9.17) is 0 Å². The molecule has 0 rings (SSSR count). The first kappa shape index (κ1) is 25.4. The molecule has 0 N–H and O–H groups in total. The summed E-state index contributed by atoms with van der Waals surface area (Å²) in [5.74, 6) is 0. The second-order valence-electron chi connectivity index (χ2n) is 5.59. The zero-order chi connectivity index (χ0) is 16.4. The Morgan fingerprint density at radius 3 is 1.62 bits per heavy atom. The molecule has 0 aromatic carbocycles. The molecule has 0 bridgehead atoms. The van der Waals surface area contributed by atoms with Crippen LogP contribution < -0.4 is 0 Å². The fraction of sp³-hybridized carbons (Fsp3) is 1.00. The van der Waals surface area contributed by atoms with Crippen LogP contribution in [0.2, 0.25) is 0 Å². The second-order valence-corrected chi connectivity index (χ2v) is 15.9. The normalized spacial score (nSPS) is 20.6. The van der Waals surface area contributed by atoms with E-state index in [9.17, 15) is 0 Å². The quantitative estimate of drug-likeness (QED) is 0.136. The molecule has 0 aliphatic carbocycles. The van der Waals surface area contributed by atoms with Crippen molar-refractivity contribution in [3.8, 4) is 0 Å². The molecule has 0 saturated carbocycles. The maximum Gasteiger partial charge on any atom is 0.0237 e. The standard InChI is InChI=1S/C15H26I6/c1-3-11(17)9-15(21)13(19)6-4-5-12(18)14(20)8-7-10(2)16/h10-15H,3-9H2,1-2H3. The SMILES string of the molecule is CCC(I)CC(I)C(I)CCCC(I)C(I)CCC(C)I. The van der Waals surface area contributed by atoms with Gasteiger partial charge in [0.15, 0.2) is 0 Å². The van der Waals surface area contributed by atoms with Crippen LogP contribution in [0.15, 0.2) is 0 Å². The van der Waals surface area contributed by atoms with Crippen molar-refractivity contribution < 1.29 is 0 Å². The van der Waals surface area contributed by atoms with Crippen LogP contribution in [0.5, 0.6) is 0 Å². The highest BCUT2D eigenvalue weighted by molar-refractivity contribution is 14.1. The number of alkyl halides is 6. The lowest BCUT2D eigenvalue weighted by atomic mass is 10.0. The molecule has 6 heteroatoms. The minimum Gasteiger partial charge on any atom is -0.0829 e. The first-order valence-electron chi connectivity index (χ1n) is 7.62. The molecule has 0 aliphatic rings. The van der Waals surface area contributed by atoms with Gasteiger partial charge in [-0.25, -0.2) is 0 Å². The Hall–Kier alpha value is 4.38. The van der Waals surface area contributed by atoms with E-state index in [0.29, 0.717) is 0 Å². The van der Waals surface area contributed by atoms with Crippen LogP contribution in [0, 0.1) is 0 Å². The van der Waals surface area contributed by atoms with Crippen LogP contribution in [-0.4, -0.2) is 23.5 Å². The molecular weight excluding hydrogens is 942 g/mol. The Morgan fingerprint density at radius 1 is 0.667 bits per heavy atom. The zero-order valence-electron chi connectivity index (χ0n) is 12.7. The highest BCUT2D eigenvalue weighted by Gasteiger charge is 2.20. The Morgan fingerprint density at radius 2 is 1.14 bits per heavy atom. The van der Waals surface area contributed by atoms with E-state index in [1.807, 2.05) is 0 Å². The molecule has 128 valence electrons.